The number of carbonyl (C=O) groups is 1. The first kappa shape index (κ1) is 14.2. The van der Waals surface area contributed by atoms with Crippen molar-refractivity contribution in [2.24, 2.45) is 7.05 Å². The van der Waals surface area contributed by atoms with Gasteiger partial charge in [0.2, 0.25) is 0 Å². The van der Waals surface area contributed by atoms with E-state index in [-0.39, 0.29) is 5.91 Å². The quantitative estimate of drug-likeness (QED) is 0.757. The molecule has 5 heteroatoms. The number of carbonyl (C=O) groups excluding carboxylic acids is 1. The minimum atomic E-state index is 0.0677. The van der Waals surface area contributed by atoms with Crippen LogP contribution in [0.2, 0.25) is 0 Å². The molecule has 1 rings (SSSR count). The van der Waals surface area contributed by atoms with Gasteiger partial charge in [0.25, 0.3) is 5.91 Å². The zero-order chi connectivity index (χ0) is 12.8. The second kappa shape index (κ2) is 6.79. The Kier molecular flexibility index (Phi) is 5.68. The zero-order valence-corrected chi connectivity index (χ0v) is 12.3. The van der Waals surface area contributed by atoms with E-state index in [4.69, 9.17) is 0 Å². The first-order chi connectivity index (χ1) is 8.15. The lowest BCUT2D eigenvalue weighted by Gasteiger charge is -2.30. The molecule has 1 aromatic rings. The number of aryl methyl sites for hydroxylation is 1. The fraction of sp³-hybridized carbons (Fsp3) is 0.667. The largest absolute Gasteiger partial charge is 0.334 e. The van der Waals surface area contributed by atoms with Gasteiger partial charge in [-0.2, -0.15) is 0 Å². The van der Waals surface area contributed by atoms with Crippen molar-refractivity contribution in [3.63, 3.8) is 0 Å². The molecule has 0 aliphatic heterocycles. The Balaban J connectivity index is 2.91. The minimum Gasteiger partial charge on any atom is -0.334 e. The normalized spacial score (nSPS) is 10.9. The molecule has 0 aliphatic carbocycles. The lowest BCUT2D eigenvalue weighted by atomic mass is 10.1. The summed E-state index contributed by atoms with van der Waals surface area (Å²) in [5, 5.41) is 0.799. The van der Waals surface area contributed by atoms with Crippen molar-refractivity contribution in [1.29, 1.82) is 0 Å². The smallest absolute Gasteiger partial charge is 0.272 e. The molecular formula is C12H20BrN3O. The summed E-state index contributed by atoms with van der Waals surface area (Å²) >= 11 is 3.41. The summed E-state index contributed by atoms with van der Waals surface area (Å²) in [6.45, 7) is 4.97. The van der Waals surface area contributed by atoms with Crippen molar-refractivity contribution >= 4 is 21.8 Å². The van der Waals surface area contributed by atoms with Crippen LogP contribution in [0.25, 0.3) is 0 Å². The monoisotopic (exact) mass is 301 g/mol. The standard InChI is InChI=1S/C12H20BrN3O/c1-4-10(5-2)16(7-6-13)12(17)11-8-14-9-15(11)3/h8-10H,4-7H2,1-3H3. The topological polar surface area (TPSA) is 38.1 Å². The van der Waals surface area contributed by atoms with Gasteiger partial charge in [0.15, 0.2) is 0 Å². The number of halogens is 1. The van der Waals surface area contributed by atoms with Gasteiger partial charge in [0.1, 0.15) is 5.69 Å². The van der Waals surface area contributed by atoms with E-state index in [0.29, 0.717) is 11.7 Å². The molecule has 96 valence electrons. The second-order valence-corrected chi connectivity index (χ2v) is 4.84. The highest BCUT2D eigenvalue weighted by atomic mass is 79.9. The molecule has 0 aliphatic rings. The van der Waals surface area contributed by atoms with E-state index < -0.39 is 0 Å². The Morgan fingerprint density at radius 3 is 2.59 bits per heavy atom. The van der Waals surface area contributed by atoms with Crippen LogP contribution in [0.15, 0.2) is 12.5 Å². The Morgan fingerprint density at radius 1 is 1.53 bits per heavy atom. The van der Waals surface area contributed by atoms with Crippen LogP contribution in [-0.2, 0) is 7.05 Å². The number of hydrogen-bond donors (Lipinski definition) is 0. The molecule has 4 nitrogen and oxygen atoms in total. The summed E-state index contributed by atoms with van der Waals surface area (Å²) in [5.74, 6) is 0.0677. The van der Waals surface area contributed by atoms with Crippen molar-refractivity contribution in [2.45, 2.75) is 32.7 Å². The maximum atomic E-state index is 12.4. The molecule has 0 saturated heterocycles. The van der Waals surface area contributed by atoms with Gasteiger partial charge < -0.3 is 9.47 Å². The van der Waals surface area contributed by atoms with Crippen LogP contribution in [0.5, 0.6) is 0 Å². The van der Waals surface area contributed by atoms with Crippen molar-refractivity contribution < 1.29 is 4.79 Å². The van der Waals surface area contributed by atoms with Crippen LogP contribution in [0, 0.1) is 0 Å². The van der Waals surface area contributed by atoms with Crippen molar-refractivity contribution in [3.05, 3.63) is 18.2 Å². The van der Waals surface area contributed by atoms with Crippen LogP contribution in [0.3, 0.4) is 0 Å². The minimum absolute atomic E-state index is 0.0677. The van der Waals surface area contributed by atoms with Crippen LogP contribution >= 0.6 is 15.9 Å². The fourth-order valence-corrected chi connectivity index (χ4v) is 2.36. The molecule has 0 aromatic carbocycles. The number of amides is 1. The van der Waals surface area contributed by atoms with Crippen LogP contribution in [0.4, 0.5) is 0 Å². The molecule has 0 atom stereocenters. The molecule has 0 spiro atoms. The van der Waals surface area contributed by atoms with Gasteiger partial charge in [-0.1, -0.05) is 29.8 Å². The fourth-order valence-electron chi connectivity index (χ4n) is 1.98. The Bertz CT molecular complexity index is 360. The summed E-state index contributed by atoms with van der Waals surface area (Å²) in [7, 11) is 1.85. The average Bonchev–Trinajstić information content (AvgIpc) is 2.75. The van der Waals surface area contributed by atoms with E-state index in [1.807, 2.05) is 11.9 Å². The highest BCUT2D eigenvalue weighted by molar-refractivity contribution is 9.09. The summed E-state index contributed by atoms with van der Waals surface area (Å²) in [6, 6.07) is 0.301. The van der Waals surface area contributed by atoms with Crippen LogP contribution in [0.1, 0.15) is 37.2 Å². The number of aromatic nitrogens is 2. The molecule has 0 saturated carbocycles. The summed E-state index contributed by atoms with van der Waals surface area (Å²) in [6.07, 6.45) is 5.25. The SMILES string of the molecule is CCC(CC)N(CCBr)C(=O)c1cncn1C. The van der Waals surface area contributed by atoms with Gasteiger partial charge in [-0.3, -0.25) is 4.79 Å². The second-order valence-electron chi connectivity index (χ2n) is 4.05. The predicted molar refractivity (Wildman–Crippen MR) is 72.4 cm³/mol. The maximum Gasteiger partial charge on any atom is 0.272 e. The van der Waals surface area contributed by atoms with E-state index in [0.717, 1.165) is 24.7 Å². The first-order valence-corrected chi connectivity index (χ1v) is 7.11. The molecule has 1 amide bonds. The number of rotatable bonds is 6. The Hall–Kier alpha value is -0.840. The first-order valence-electron chi connectivity index (χ1n) is 5.98. The van der Waals surface area contributed by atoms with Crippen molar-refractivity contribution in [2.75, 3.05) is 11.9 Å². The lowest BCUT2D eigenvalue weighted by Crippen LogP contribution is -2.41. The number of nitrogens with zero attached hydrogens (tertiary/aromatic N) is 3. The molecule has 1 aromatic heterocycles. The molecule has 0 bridgehead atoms. The third-order valence-electron chi connectivity index (χ3n) is 3.01. The maximum absolute atomic E-state index is 12.4. The van der Waals surface area contributed by atoms with Gasteiger partial charge in [-0.15, -0.1) is 0 Å². The van der Waals surface area contributed by atoms with Gasteiger partial charge in [0.05, 0.1) is 12.5 Å². The van der Waals surface area contributed by atoms with Crippen LogP contribution < -0.4 is 0 Å². The number of hydrogen-bond acceptors (Lipinski definition) is 2. The lowest BCUT2D eigenvalue weighted by molar-refractivity contribution is 0.0673. The highest BCUT2D eigenvalue weighted by Gasteiger charge is 2.23. The van der Waals surface area contributed by atoms with E-state index in [9.17, 15) is 4.79 Å². The molecule has 0 radical (unpaired) electrons. The van der Waals surface area contributed by atoms with Gasteiger partial charge in [-0.05, 0) is 12.8 Å². The summed E-state index contributed by atoms with van der Waals surface area (Å²) in [4.78, 5) is 18.4. The molecule has 0 fully saturated rings. The third-order valence-corrected chi connectivity index (χ3v) is 3.36. The van der Waals surface area contributed by atoms with Crippen LogP contribution in [-0.4, -0.2) is 38.3 Å². The van der Waals surface area contributed by atoms with E-state index in [1.54, 1.807) is 17.1 Å². The van der Waals surface area contributed by atoms with Crippen molar-refractivity contribution in [3.8, 4) is 0 Å². The van der Waals surface area contributed by atoms with Gasteiger partial charge in [0, 0.05) is 25.0 Å². The van der Waals surface area contributed by atoms with Gasteiger partial charge in [-0.25, -0.2) is 4.98 Å². The van der Waals surface area contributed by atoms with E-state index in [2.05, 4.69) is 34.8 Å². The highest BCUT2D eigenvalue weighted by Crippen LogP contribution is 2.13. The summed E-state index contributed by atoms with van der Waals surface area (Å²) in [5.41, 5.74) is 0.651. The molecule has 17 heavy (non-hydrogen) atoms. The number of alkyl halides is 1. The van der Waals surface area contributed by atoms with E-state index in [1.165, 1.54) is 0 Å². The Morgan fingerprint density at radius 2 is 2.18 bits per heavy atom. The number of imidazole rings is 1. The Labute approximate surface area is 111 Å². The van der Waals surface area contributed by atoms with Crippen molar-refractivity contribution in [1.82, 2.24) is 14.5 Å². The predicted octanol–water partition coefficient (Wildman–Crippen LogP) is 2.45. The average molecular weight is 302 g/mol. The molecule has 1 heterocycles. The zero-order valence-electron chi connectivity index (χ0n) is 10.7. The molecular weight excluding hydrogens is 282 g/mol. The van der Waals surface area contributed by atoms with Gasteiger partial charge >= 0.3 is 0 Å². The van der Waals surface area contributed by atoms with E-state index >= 15 is 0 Å². The third kappa shape index (κ3) is 3.31. The molecule has 0 N–H and O–H groups in total. The summed E-state index contributed by atoms with van der Waals surface area (Å²) < 4.78 is 1.77. The molecule has 0 unspecified atom stereocenters.